The molecule has 2 rings (SSSR count). The van der Waals surface area contributed by atoms with Crippen LogP contribution in [0.3, 0.4) is 0 Å². The van der Waals surface area contributed by atoms with Crippen molar-refractivity contribution < 1.29 is 9.53 Å². The molecule has 1 aliphatic carbocycles. The molecule has 1 aliphatic heterocycles. The van der Waals surface area contributed by atoms with Crippen LogP contribution >= 0.6 is 12.4 Å². The van der Waals surface area contributed by atoms with E-state index in [0.717, 1.165) is 31.8 Å². The maximum atomic E-state index is 11.9. The number of amides is 1. The van der Waals surface area contributed by atoms with Gasteiger partial charge in [-0.2, -0.15) is 0 Å². The van der Waals surface area contributed by atoms with E-state index in [1.54, 1.807) is 0 Å². The molecule has 1 saturated heterocycles. The van der Waals surface area contributed by atoms with E-state index < -0.39 is 0 Å². The van der Waals surface area contributed by atoms with Gasteiger partial charge < -0.3 is 15.0 Å². The van der Waals surface area contributed by atoms with Crippen molar-refractivity contribution in [1.29, 1.82) is 0 Å². The van der Waals surface area contributed by atoms with Gasteiger partial charge in [-0.1, -0.05) is 0 Å². The van der Waals surface area contributed by atoms with E-state index in [1.807, 2.05) is 11.8 Å². The summed E-state index contributed by atoms with van der Waals surface area (Å²) in [6.07, 6.45) is 5.55. The number of likely N-dealkylation sites (tertiary alicyclic amines) is 1. The molecule has 0 unspecified atom stereocenters. The van der Waals surface area contributed by atoms with Crippen molar-refractivity contribution >= 4 is 18.3 Å². The van der Waals surface area contributed by atoms with Crippen LogP contribution in [-0.4, -0.2) is 49.7 Å². The summed E-state index contributed by atoms with van der Waals surface area (Å²) in [5.41, 5.74) is 0. The summed E-state index contributed by atoms with van der Waals surface area (Å²) in [5.74, 6) is 1.19. The lowest BCUT2D eigenvalue weighted by Crippen LogP contribution is -2.45. The lowest BCUT2D eigenvalue weighted by atomic mass is 10.0. The van der Waals surface area contributed by atoms with Crippen molar-refractivity contribution in [1.82, 2.24) is 10.2 Å². The number of ether oxygens (including phenoxy) is 1. The van der Waals surface area contributed by atoms with Gasteiger partial charge in [0.25, 0.3) is 0 Å². The molecule has 112 valence electrons. The van der Waals surface area contributed by atoms with E-state index in [1.165, 1.54) is 19.4 Å². The molecule has 1 saturated carbocycles. The van der Waals surface area contributed by atoms with Crippen molar-refractivity contribution in [2.24, 2.45) is 5.92 Å². The van der Waals surface area contributed by atoms with Gasteiger partial charge >= 0.3 is 0 Å². The normalized spacial score (nSPS) is 20.2. The summed E-state index contributed by atoms with van der Waals surface area (Å²) in [5, 5.41) is 3.63. The Morgan fingerprint density at radius 1 is 1.26 bits per heavy atom. The van der Waals surface area contributed by atoms with Crippen LogP contribution in [0.4, 0.5) is 0 Å². The van der Waals surface area contributed by atoms with Gasteiger partial charge in [-0.05, 0) is 45.1 Å². The van der Waals surface area contributed by atoms with Gasteiger partial charge in [0.15, 0.2) is 0 Å². The molecule has 0 atom stereocenters. The number of carbonyl (C=O) groups is 1. The predicted molar refractivity (Wildman–Crippen MR) is 78.7 cm³/mol. The van der Waals surface area contributed by atoms with Crippen molar-refractivity contribution in [2.45, 2.75) is 45.1 Å². The Bertz CT molecular complexity index is 264. The predicted octanol–water partition coefficient (Wildman–Crippen LogP) is 1.83. The fourth-order valence-electron chi connectivity index (χ4n) is 2.45. The van der Waals surface area contributed by atoms with Gasteiger partial charge in [0.2, 0.25) is 5.91 Å². The third-order valence-electron chi connectivity index (χ3n) is 3.90. The summed E-state index contributed by atoms with van der Waals surface area (Å²) in [4.78, 5) is 13.9. The minimum absolute atomic E-state index is 0. The van der Waals surface area contributed by atoms with Crippen LogP contribution in [0, 0.1) is 5.92 Å². The minimum atomic E-state index is 0. The second-order valence-electron chi connectivity index (χ2n) is 5.45. The maximum Gasteiger partial charge on any atom is 0.224 e. The zero-order valence-corrected chi connectivity index (χ0v) is 12.7. The van der Waals surface area contributed by atoms with E-state index in [0.29, 0.717) is 25.7 Å². The molecule has 0 aromatic rings. The van der Waals surface area contributed by atoms with Crippen molar-refractivity contribution in [2.75, 3.05) is 32.8 Å². The van der Waals surface area contributed by atoms with Gasteiger partial charge in [-0.15, -0.1) is 12.4 Å². The molecule has 19 heavy (non-hydrogen) atoms. The van der Waals surface area contributed by atoms with Gasteiger partial charge in [-0.3, -0.25) is 4.79 Å². The number of rotatable bonds is 7. The van der Waals surface area contributed by atoms with Crippen LogP contribution < -0.4 is 5.32 Å². The molecule has 0 radical (unpaired) electrons. The molecule has 1 amide bonds. The number of carbonyl (C=O) groups excluding carboxylic acids is 1. The smallest absolute Gasteiger partial charge is 0.224 e. The topological polar surface area (TPSA) is 41.6 Å². The highest BCUT2D eigenvalue weighted by Crippen LogP contribution is 2.28. The highest BCUT2D eigenvalue weighted by atomic mass is 35.5. The lowest BCUT2D eigenvalue weighted by Gasteiger charge is -2.32. The van der Waals surface area contributed by atoms with E-state index >= 15 is 0 Å². The first kappa shape index (κ1) is 16.7. The fourth-order valence-corrected chi connectivity index (χ4v) is 2.45. The molecule has 0 aromatic heterocycles. The minimum Gasteiger partial charge on any atom is -0.381 e. The van der Waals surface area contributed by atoms with Crippen molar-refractivity contribution in [3.05, 3.63) is 0 Å². The third-order valence-corrected chi connectivity index (χ3v) is 3.90. The summed E-state index contributed by atoms with van der Waals surface area (Å²) >= 11 is 0. The molecule has 4 nitrogen and oxygen atoms in total. The van der Waals surface area contributed by atoms with Gasteiger partial charge in [0.05, 0.1) is 13.0 Å². The first-order chi connectivity index (χ1) is 8.79. The van der Waals surface area contributed by atoms with Crippen LogP contribution in [0.2, 0.25) is 0 Å². The van der Waals surface area contributed by atoms with Crippen molar-refractivity contribution in [3.63, 3.8) is 0 Å². The number of nitrogens with one attached hydrogen (secondary N) is 1. The van der Waals surface area contributed by atoms with E-state index in [4.69, 9.17) is 4.74 Å². The Morgan fingerprint density at radius 2 is 1.95 bits per heavy atom. The highest BCUT2D eigenvalue weighted by Gasteiger charge is 2.25. The molecule has 1 heterocycles. The first-order valence-electron chi connectivity index (χ1n) is 7.38. The zero-order chi connectivity index (χ0) is 12.8. The van der Waals surface area contributed by atoms with E-state index in [2.05, 4.69) is 5.32 Å². The Kier molecular flexibility index (Phi) is 7.73. The average molecular weight is 291 g/mol. The Balaban J connectivity index is 0.00000180. The molecule has 0 aromatic carbocycles. The molecular weight excluding hydrogens is 264 g/mol. The van der Waals surface area contributed by atoms with Crippen LogP contribution in [0.5, 0.6) is 0 Å². The monoisotopic (exact) mass is 290 g/mol. The standard InChI is InChI=1S/C14H26N2O2.ClH/c1-2-18-10-7-14(17)16-8-5-13(6-9-16)15-11-12-3-4-12;/h12-13,15H,2-11H2,1H3;1H. The van der Waals surface area contributed by atoms with E-state index in [9.17, 15) is 4.79 Å². The van der Waals surface area contributed by atoms with Crippen molar-refractivity contribution in [3.8, 4) is 0 Å². The number of nitrogens with zero attached hydrogens (tertiary/aromatic N) is 1. The molecular formula is C14H27ClN2O2. The second kappa shape index (κ2) is 8.77. The van der Waals surface area contributed by atoms with Crippen LogP contribution in [0.15, 0.2) is 0 Å². The largest absolute Gasteiger partial charge is 0.381 e. The quantitative estimate of drug-likeness (QED) is 0.727. The lowest BCUT2D eigenvalue weighted by molar-refractivity contribution is -0.133. The molecule has 0 bridgehead atoms. The fraction of sp³-hybridized carbons (Fsp3) is 0.929. The van der Waals surface area contributed by atoms with Gasteiger partial charge in [0.1, 0.15) is 0 Å². The van der Waals surface area contributed by atoms with Crippen LogP contribution in [-0.2, 0) is 9.53 Å². The molecule has 2 fully saturated rings. The third kappa shape index (κ3) is 6.11. The maximum absolute atomic E-state index is 11.9. The van der Waals surface area contributed by atoms with Crippen LogP contribution in [0.1, 0.15) is 39.0 Å². The van der Waals surface area contributed by atoms with Gasteiger partial charge in [0, 0.05) is 25.7 Å². The van der Waals surface area contributed by atoms with Crippen LogP contribution in [0.25, 0.3) is 0 Å². The number of piperidine rings is 1. The molecule has 5 heteroatoms. The molecule has 1 N–H and O–H groups in total. The molecule has 0 spiro atoms. The zero-order valence-electron chi connectivity index (χ0n) is 11.9. The number of hydrogen-bond acceptors (Lipinski definition) is 3. The Morgan fingerprint density at radius 3 is 2.53 bits per heavy atom. The molecule has 2 aliphatic rings. The number of hydrogen-bond donors (Lipinski definition) is 1. The summed E-state index contributed by atoms with van der Waals surface area (Å²) in [6, 6.07) is 0.626. The summed E-state index contributed by atoms with van der Waals surface area (Å²) in [6.45, 7) is 6.22. The average Bonchev–Trinajstić information content (AvgIpc) is 3.21. The SMILES string of the molecule is CCOCCC(=O)N1CCC(NCC2CC2)CC1.Cl. The first-order valence-corrected chi connectivity index (χ1v) is 7.38. The Labute approximate surface area is 122 Å². The summed E-state index contributed by atoms with van der Waals surface area (Å²) in [7, 11) is 0. The summed E-state index contributed by atoms with van der Waals surface area (Å²) < 4.78 is 5.23. The van der Waals surface area contributed by atoms with E-state index in [-0.39, 0.29) is 18.3 Å². The Hall–Kier alpha value is -0.320. The second-order valence-corrected chi connectivity index (χ2v) is 5.45. The number of halogens is 1. The van der Waals surface area contributed by atoms with Gasteiger partial charge in [-0.25, -0.2) is 0 Å². The highest BCUT2D eigenvalue weighted by molar-refractivity contribution is 5.85.